The molecule has 156 valence electrons. The van der Waals surface area contributed by atoms with E-state index in [2.05, 4.69) is 0 Å². The molecule has 1 aliphatic rings. The van der Waals surface area contributed by atoms with Gasteiger partial charge in [0.25, 0.3) is 0 Å². The predicted octanol–water partition coefficient (Wildman–Crippen LogP) is 5.29. The van der Waals surface area contributed by atoms with Crippen molar-refractivity contribution in [2.75, 3.05) is 0 Å². The number of aryl methyl sites for hydroxylation is 1. The maximum Gasteiger partial charge on any atom is 0.312 e. The highest BCUT2D eigenvalue weighted by Gasteiger charge is 2.33. The van der Waals surface area contributed by atoms with Crippen molar-refractivity contribution >= 4 is 18.4 Å². The van der Waals surface area contributed by atoms with Crippen LogP contribution in [0.3, 0.4) is 0 Å². The second-order valence-corrected chi connectivity index (χ2v) is 7.08. The Bertz CT molecular complexity index is 1090. The predicted molar refractivity (Wildman–Crippen MR) is 112 cm³/mol. The van der Waals surface area contributed by atoms with Crippen LogP contribution < -0.4 is 10.5 Å². The van der Waals surface area contributed by atoms with Gasteiger partial charge in [-0.1, -0.05) is 36.4 Å². The van der Waals surface area contributed by atoms with Gasteiger partial charge >= 0.3 is 5.97 Å². The van der Waals surface area contributed by atoms with Crippen molar-refractivity contribution < 1.29 is 23.4 Å². The number of ether oxygens (including phenoxy) is 1. The van der Waals surface area contributed by atoms with Crippen molar-refractivity contribution in [3.63, 3.8) is 0 Å². The molecule has 3 N–H and O–H groups in total. The molecule has 0 saturated heterocycles. The number of carboxylic acid groups (broad SMARTS) is 1. The van der Waals surface area contributed by atoms with Gasteiger partial charge in [-0.25, -0.2) is 8.78 Å². The van der Waals surface area contributed by atoms with Crippen LogP contribution in [0.2, 0.25) is 0 Å². The summed E-state index contributed by atoms with van der Waals surface area (Å²) in [5.74, 6) is -2.93. The molecule has 1 aliphatic carbocycles. The van der Waals surface area contributed by atoms with Gasteiger partial charge in [0.15, 0.2) is 11.6 Å². The lowest BCUT2D eigenvalue weighted by atomic mass is 9.79. The van der Waals surface area contributed by atoms with Crippen LogP contribution in [-0.4, -0.2) is 17.1 Å². The van der Waals surface area contributed by atoms with Gasteiger partial charge in [0.2, 0.25) is 0 Å². The number of halogens is 3. The van der Waals surface area contributed by atoms with Crippen LogP contribution in [-0.2, 0) is 11.2 Å². The van der Waals surface area contributed by atoms with Gasteiger partial charge in [-0.15, -0.1) is 12.4 Å². The first kappa shape index (κ1) is 21.7. The highest BCUT2D eigenvalue weighted by atomic mass is 35.5. The summed E-state index contributed by atoms with van der Waals surface area (Å²) in [6, 6.07) is 15.5. The lowest BCUT2D eigenvalue weighted by molar-refractivity contribution is -0.139. The third-order valence-electron chi connectivity index (χ3n) is 5.25. The van der Waals surface area contributed by atoms with Crippen LogP contribution in [0.5, 0.6) is 11.5 Å². The third-order valence-corrected chi connectivity index (χ3v) is 5.25. The molecule has 0 saturated carbocycles. The molecule has 0 radical (unpaired) electrons. The SMILES string of the molecule is Cl.NC1CCc2ccc(Oc3ccccc3-c3cccc(F)c3F)cc2C1C(=O)O. The van der Waals surface area contributed by atoms with E-state index in [1.54, 1.807) is 36.4 Å². The zero-order valence-electron chi connectivity index (χ0n) is 15.8. The molecule has 4 rings (SSSR count). The Kier molecular flexibility index (Phi) is 6.39. The molecule has 30 heavy (non-hydrogen) atoms. The number of fused-ring (bicyclic) bond motifs is 1. The van der Waals surface area contributed by atoms with E-state index in [0.29, 0.717) is 35.5 Å². The van der Waals surface area contributed by atoms with Crippen molar-refractivity contribution in [2.24, 2.45) is 5.73 Å². The van der Waals surface area contributed by atoms with E-state index in [4.69, 9.17) is 10.5 Å². The van der Waals surface area contributed by atoms with Crippen molar-refractivity contribution in [3.8, 4) is 22.6 Å². The van der Waals surface area contributed by atoms with Crippen molar-refractivity contribution in [1.29, 1.82) is 0 Å². The number of para-hydroxylation sites is 1. The van der Waals surface area contributed by atoms with Crippen LogP contribution in [0.4, 0.5) is 8.78 Å². The molecule has 0 fully saturated rings. The first-order chi connectivity index (χ1) is 14.0. The second kappa shape index (κ2) is 8.81. The molecular formula is C23H20ClF2NO3. The molecule has 2 atom stereocenters. The minimum absolute atomic E-state index is 0. The van der Waals surface area contributed by atoms with Crippen molar-refractivity contribution in [2.45, 2.75) is 24.8 Å². The normalized spacial score (nSPS) is 17.6. The number of nitrogens with two attached hydrogens (primary N) is 1. The van der Waals surface area contributed by atoms with Crippen LogP contribution >= 0.6 is 12.4 Å². The number of hydrogen-bond donors (Lipinski definition) is 2. The van der Waals surface area contributed by atoms with Crippen LogP contribution in [0.1, 0.15) is 23.5 Å². The topological polar surface area (TPSA) is 72.5 Å². The van der Waals surface area contributed by atoms with Gasteiger partial charge in [0.05, 0.1) is 5.92 Å². The molecule has 0 aliphatic heterocycles. The molecule has 0 aromatic heterocycles. The summed E-state index contributed by atoms with van der Waals surface area (Å²) < 4.78 is 34.0. The van der Waals surface area contributed by atoms with E-state index in [-0.39, 0.29) is 18.0 Å². The first-order valence-corrected chi connectivity index (χ1v) is 9.28. The molecule has 7 heteroatoms. The van der Waals surface area contributed by atoms with E-state index in [1.165, 1.54) is 12.1 Å². The number of carboxylic acids is 1. The smallest absolute Gasteiger partial charge is 0.312 e. The number of rotatable bonds is 4. The van der Waals surface area contributed by atoms with Gasteiger partial charge in [0, 0.05) is 17.2 Å². The Balaban J connectivity index is 0.00000256. The number of benzene rings is 3. The fourth-order valence-electron chi connectivity index (χ4n) is 3.81. The highest BCUT2D eigenvalue weighted by molar-refractivity contribution is 5.85. The van der Waals surface area contributed by atoms with E-state index in [0.717, 1.165) is 11.6 Å². The average Bonchev–Trinajstić information content (AvgIpc) is 2.70. The van der Waals surface area contributed by atoms with Crippen LogP contribution in [0.25, 0.3) is 11.1 Å². The maximum absolute atomic E-state index is 14.3. The fraction of sp³-hybridized carbons (Fsp3) is 0.174. The molecule has 3 aromatic carbocycles. The molecule has 3 aromatic rings. The minimum atomic E-state index is -0.974. The molecule has 0 heterocycles. The zero-order chi connectivity index (χ0) is 20.5. The number of aliphatic carboxylic acids is 1. The Hall–Kier alpha value is -2.96. The van der Waals surface area contributed by atoms with Gasteiger partial charge < -0.3 is 15.6 Å². The van der Waals surface area contributed by atoms with E-state index in [9.17, 15) is 18.7 Å². The zero-order valence-corrected chi connectivity index (χ0v) is 16.7. The lowest BCUT2D eigenvalue weighted by Gasteiger charge is -2.28. The quantitative estimate of drug-likeness (QED) is 0.589. The Morgan fingerprint density at radius 3 is 2.53 bits per heavy atom. The molecule has 0 spiro atoms. The standard InChI is InChI=1S/C23H19F2NO3.ClH/c24-18-6-3-5-16(22(18)25)15-4-1-2-7-20(15)29-14-10-8-13-9-11-19(26)21(23(27)28)17(13)12-14;/h1-8,10,12,19,21H,9,11,26H2,(H,27,28);1H. The van der Waals surface area contributed by atoms with E-state index < -0.39 is 29.6 Å². The summed E-state index contributed by atoms with van der Waals surface area (Å²) >= 11 is 0. The van der Waals surface area contributed by atoms with Crippen molar-refractivity contribution in [1.82, 2.24) is 0 Å². The summed E-state index contributed by atoms with van der Waals surface area (Å²) in [5.41, 5.74) is 8.07. The fourth-order valence-corrected chi connectivity index (χ4v) is 3.81. The number of hydrogen-bond acceptors (Lipinski definition) is 3. The van der Waals surface area contributed by atoms with Gasteiger partial charge in [-0.2, -0.15) is 0 Å². The molecule has 4 nitrogen and oxygen atoms in total. The summed E-state index contributed by atoms with van der Waals surface area (Å²) in [5, 5.41) is 9.59. The largest absolute Gasteiger partial charge is 0.481 e. The summed E-state index contributed by atoms with van der Waals surface area (Å²) in [6.07, 6.45) is 1.30. The van der Waals surface area contributed by atoms with Crippen molar-refractivity contribution in [3.05, 3.63) is 83.4 Å². The summed E-state index contributed by atoms with van der Waals surface area (Å²) in [4.78, 5) is 11.7. The molecule has 0 amide bonds. The number of carbonyl (C=O) groups is 1. The Labute approximate surface area is 178 Å². The summed E-state index contributed by atoms with van der Waals surface area (Å²) in [6.45, 7) is 0. The average molecular weight is 432 g/mol. The lowest BCUT2D eigenvalue weighted by Crippen LogP contribution is -2.37. The monoisotopic (exact) mass is 431 g/mol. The van der Waals surface area contributed by atoms with Gasteiger partial charge in [0.1, 0.15) is 11.5 Å². The Morgan fingerprint density at radius 1 is 1.03 bits per heavy atom. The molecular weight excluding hydrogens is 412 g/mol. The first-order valence-electron chi connectivity index (χ1n) is 9.28. The van der Waals surface area contributed by atoms with Crippen LogP contribution in [0.15, 0.2) is 60.7 Å². The summed E-state index contributed by atoms with van der Waals surface area (Å²) in [7, 11) is 0. The molecule has 0 bridgehead atoms. The van der Waals surface area contributed by atoms with Gasteiger partial charge in [-0.05, 0) is 48.2 Å². The second-order valence-electron chi connectivity index (χ2n) is 7.08. The third kappa shape index (κ3) is 4.01. The van der Waals surface area contributed by atoms with Gasteiger partial charge in [-0.3, -0.25) is 4.79 Å². The molecule has 2 unspecified atom stereocenters. The minimum Gasteiger partial charge on any atom is -0.481 e. The Morgan fingerprint density at radius 2 is 1.77 bits per heavy atom. The van der Waals surface area contributed by atoms with E-state index >= 15 is 0 Å². The maximum atomic E-state index is 14.3. The van der Waals surface area contributed by atoms with Crippen LogP contribution in [0, 0.1) is 11.6 Å². The highest BCUT2D eigenvalue weighted by Crippen LogP contribution is 2.38. The van der Waals surface area contributed by atoms with E-state index in [1.807, 2.05) is 6.07 Å².